The molecule has 21 nitrogen and oxygen atoms in total. The number of alkyl halides is 2. The number of nitrogens with zero attached hydrogens (tertiary/aromatic N) is 3. The molecule has 0 saturated carbocycles. The number of Topliss-reactive ketones (excluding diaryl/α,β-unsaturated/α-hetero) is 2. The molecule has 2 fully saturated rings. The number of ether oxygens (including phenoxy) is 5. The lowest BCUT2D eigenvalue weighted by Gasteiger charge is -2.41. The Labute approximate surface area is 555 Å². The molecular formula is C67H89Br2ClN6O15. The Balaban J connectivity index is 1.20. The molecule has 1 aromatic heterocycles. The fourth-order valence-electron chi connectivity index (χ4n) is 11.9. The van der Waals surface area contributed by atoms with E-state index < -0.39 is 107 Å². The smallest absolute Gasteiger partial charge is 0.328 e. The summed E-state index contributed by atoms with van der Waals surface area (Å²) in [6.45, 7) is 14.3. The van der Waals surface area contributed by atoms with Gasteiger partial charge in [0.2, 0.25) is 11.8 Å². The first-order valence-electron chi connectivity index (χ1n) is 31.0. The topological polar surface area (TPSA) is 293 Å². The zero-order valence-corrected chi connectivity index (χ0v) is 57.9. The fraction of sp³-hybridized carbons (Fsp3) is 0.582. The number of pyridine rings is 1. The Morgan fingerprint density at radius 3 is 2.38 bits per heavy atom. The van der Waals surface area contributed by atoms with Crippen LogP contribution in [0.4, 0.5) is 10.5 Å². The molecule has 11 atom stereocenters. The zero-order valence-electron chi connectivity index (χ0n) is 53.9. The minimum absolute atomic E-state index is 0.00904. The number of carbonyl (C=O) groups is 9. The van der Waals surface area contributed by atoms with Crippen LogP contribution >= 0.6 is 43.5 Å². The summed E-state index contributed by atoms with van der Waals surface area (Å²) < 4.78 is 29.9. The van der Waals surface area contributed by atoms with Crippen molar-refractivity contribution in [1.29, 1.82) is 0 Å². The summed E-state index contributed by atoms with van der Waals surface area (Å²) in [6, 6.07) is 7.10. The number of nitrogens with one attached hydrogen (secondary N) is 2. The lowest BCUT2D eigenvalue weighted by Crippen LogP contribution is -2.53. The highest BCUT2D eigenvalue weighted by molar-refractivity contribution is 9.09. The number of likely N-dealkylation sites (N-methyl/N-ethyl adjacent to an activating group) is 1. The number of rotatable bonds is 26. The van der Waals surface area contributed by atoms with Crippen molar-refractivity contribution in [3.8, 4) is 0 Å². The molecular weight excluding hydrogens is 1320 g/mol. The number of hydrogen-bond donors (Lipinski definition) is 4. The van der Waals surface area contributed by atoms with Crippen LogP contribution in [0.25, 0.3) is 10.9 Å². The van der Waals surface area contributed by atoms with Gasteiger partial charge in [-0.1, -0.05) is 106 Å². The Bertz CT molecular complexity index is 3230. The van der Waals surface area contributed by atoms with E-state index in [2.05, 4.69) is 47.5 Å². The van der Waals surface area contributed by atoms with Crippen LogP contribution in [0.15, 0.2) is 66.4 Å². The van der Waals surface area contributed by atoms with Gasteiger partial charge in [0, 0.05) is 93.1 Å². The molecule has 3 aliphatic heterocycles. The number of epoxide rings is 1. The van der Waals surface area contributed by atoms with Crippen molar-refractivity contribution in [2.75, 3.05) is 43.3 Å². The summed E-state index contributed by atoms with van der Waals surface area (Å²) in [4.78, 5) is 130. The number of nitrogens with two attached hydrogens (primary N) is 1. The average molecular weight is 1410 g/mol. The van der Waals surface area contributed by atoms with E-state index in [4.69, 9.17) is 41.0 Å². The standard InChI is InChI=1S/C67H89Br2ClN6O15/c1-37(2)49(31-46(77)19-13-12-18-40(5)88-64(84)45(35-68)36-69)61(81)74-50(21-16-26-73-65(71)85)52(78)30-44-23-24-48(47-20-15-25-72-59(44)47)62(82)75(9)42(7)63(83)90-55-32-56(79)76(10)51-29-43(28-39(4)58(51)70)27-38(3)17-14-22-54(87-11)67(86)33-53(89-57(80)34-67)41(6)60-66(55,8)91-60/h14-15,17,20,22-25,28-29,37,40-42,45,49-50,53-55,60,86H,12-13,16,18-19,21,26-27,30-36H2,1-11H3,(H,74,81)(H3,71,73,85)/b22-14+,38-17+/t40?,41-,42+,49+,50+,53+,54-,55+,60+,66+,67-/m1/s1. The Morgan fingerprint density at radius 2 is 1.71 bits per heavy atom. The summed E-state index contributed by atoms with van der Waals surface area (Å²) >= 11 is 13.6. The minimum Gasteiger partial charge on any atom is -0.462 e. The number of benzene rings is 2. The van der Waals surface area contributed by atoms with Gasteiger partial charge in [-0.05, 0) is 114 Å². The van der Waals surface area contributed by atoms with Gasteiger partial charge in [0.05, 0.1) is 53.2 Å². The predicted molar refractivity (Wildman–Crippen MR) is 352 cm³/mol. The molecule has 498 valence electrons. The number of esters is 3. The van der Waals surface area contributed by atoms with Gasteiger partial charge in [0.1, 0.15) is 41.3 Å². The molecule has 4 bridgehead atoms. The number of methoxy groups -OCH3 is 1. The van der Waals surface area contributed by atoms with Crippen LogP contribution in [0, 0.1) is 30.6 Å². The Morgan fingerprint density at radius 1 is 1.00 bits per heavy atom. The normalized spacial score (nSPS) is 24.2. The van der Waals surface area contributed by atoms with E-state index in [1.54, 1.807) is 51.2 Å². The molecule has 3 aliphatic rings. The van der Waals surface area contributed by atoms with Crippen LogP contribution in [-0.4, -0.2) is 160 Å². The molecule has 24 heteroatoms. The summed E-state index contributed by atoms with van der Waals surface area (Å²) in [5, 5.41) is 19.2. The Kier molecular flexibility index (Phi) is 26.9. The number of anilines is 1. The van der Waals surface area contributed by atoms with Gasteiger partial charge in [-0.25, -0.2) is 9.59 Å². The number of hydrogen-bond acceptors (Lipinski definition) is 16. The van der Waals surface area contributed by atoms with Crippen LogP contribution in [0.1, 0.15) is 140 Å². The van der Waals surface area contributed by atoms with E-state index >= 15 is 0 Å². The number of ketones is 2. The largest absolute Gasteiger partial charge is 0.462 e. The van der Waals surface area contributed by atoms with Crippen LogP contribution in [0.5, 0.6) is 0 Å². The molecule has 2 saturated heterocycles. The van der Waals surface area contributed by atoms with Crippen molar-refractivity contribution < 1.29 is 71.9 Å². The number of allylic oxidation sites excluding steroid dienone is 3. The van der Waals surface area contributed by atoms with E-state index in [0.29, 0.717) is 63.5 Å². The lowest BCUT2D eigenvalue weighted by molar-refractivity contribution is -0.187. The highest BCUT2D eigenvalue weighted by atomic mass is 79.9. The van der Waals surface area contributed by atoms with Crippen LogP contribution < -0.4 is 21.3 Å². The maximum absolute atomic E-state index is 14.7. The second-order valence-corrected chi connectivity index (χ2v) is 26.8. The zero-order chi connectivity index (χ0) is 67.2. The molecule has 3 aromatic rings. The highest BCUT2D eigenvalue weighted by Gasteiger charge is 2.64. The molecule has 5 amide bonds. The second-order valence-electron chi connectivity index (χ2n) is 25.1. The number of carbonyl (C=O) groups excluding carboxylic acids is 9. The van der Waals surface area contributed by atoms with Crippen molar-refractivity contribution in [2.45, 2.75) is 186 Å². The van der Waals surface area contributed by atoms with Crippen LogP contribution in [0.2, 0.25) is 5.02 Å². The number of aryl methyl sites for hydroxylation is 1. The summed E-state index contributed by atoms with van der Waals surface area (Å²) in [5.41, 5.74) is 6.19. The number of halogens is 3. The molecule has 0 radical (unpaired) electrons. The van der Waals surface area contributed by atoms with E-state index in [0.717, 1.165) is 16.7 Å². The predicted octanol–water partition coefficient (Wildman–Crippen LogP) is 9.10. The van der Waals surface area contributed by atoms with E-state index in [9.17, 15) is 48.3 Å². The number of amides is 5. The second kappa shape index (κ2) is 33.1. The maximum atomic E-state index is 14.7. The number of unbranched alkanes of at least 4 members (excludes halogenated alkanes) is 1. The van der Waals surface area contributed by atoms with Crippen LogP contribution in [-0.2, 0) is 70.1 Å². The van der Waals surface area contributed by atoms with Gasteiger partial charge in [0.25, 0.3) is 5.91 Å². The van der Waals surface area contributed by atoms with E-state index in [-0.39, 0.29) is 86.7 Å². The Hall–Kier alpha value is -6.11. The van der Waals surface area contributed by atoms with Crippen LogP contribution in [0.3, 0.4) is 0 Å². The van der Waals surface area contributed by atoms with Gasteiger partial charge < -0.3 is 55.0 Å². The molecule has 0 spiro atoms. The first kappa shape index (κ1) is 73.9. The molecule has 0 aliphatic carbocycles. The molecule has 6 rings (SSSR count). The number of fused-ring (bicyclic) bond motifs is 6. The molecule has 1 unspecified atom stereocenters. The summed E-state index contributed by atoms with van der Waals surface area (Å²) in [7, 11) is 4.47. The number of primary amides is 1. The van der Waals surface area contributed by atoms with Crippen molar-refractivity contribution in [3.63, 3.8) is 0 Å². The highest BCUT2D eigenvalue weighted by Crippen LogP contribution is 2.50. The maximum Gasteiger partial charge on any atom is 0.328 e. The first-order valence-corrected chi connectivity index (χ1v) is 33.7. The van der Waals surface area contributed by atoms with Crippen molar-refractivity contribution in [2.24, 2.45) is 29.4 Å². The minimum atomic E-state index is -1.65. The third kappa shape index (κ3) is 19.3. The third-order valence-electron chi connectivity index (χ3n) is 17.8. The molecule has 2 aromatic carbocycles. The molecule has 5 N–H and O–H groups in total. The number of aromatic nitrogens is 1. The number of aliphatic hydroxyl groups is 1. The third-order valence-corrected chi connectivity index (χ3v) is 19.8. The van der Waals surface area contributed by atoms with Gasteiger partial charge >= 0.3 is 23.9 Å². The van der Waals surface area contributed by atoms with E-state index in [1.807, 2.05) is 52.8 Å². The van der Waals surface area contributed by atoms with Gasteiger partial charge in [-0.3, -0.25) is 38.5 Å². The van der Waals surface area contributed by atoms with Gasteiger partial charge in [-0.15, -0.1) is 0 Å². The van der Waals surface area contributed by atoms with Crippen molar-refractivity contribution in [3.05, 3.63) is 93.7 Å². The summed E-state index contributed by atoms with van der Waals surface area (Å²) in [6.07, 6.45) is 4.56. The van der Waals surface area contributed by atoms with Crippen molar-refractivity contribution in [1.82, 2.24) is 20.5 Å². The quantitative estimate of drug-likeness (QED) is 0.0191. The fourth-order valence-corrected chi connectivity index (χ4v) is 13.7. The molecule has 91 heavy (non-hydrogen) atoms. The summed E-state index contributed by atoms with van der Waals surface area (Å²) in [5.74, 6) is -5.82. The number of urea groups is 1. The van der Waals surface area contributed by atoms with Crippen molar-refractivity contribution >= 4 is 113 Å². The lowest BCUT2D eigenvalue weighted by atomic mass is 9.78. The SMILES string of the molecule is CO[C@@H]1/C=C/C=C(\C)Cc2cc(C)c(Cl)c(c2)N(C)C(=O)C[C@H](OC(=O)[C@H](C)N(C)C(=O)c2ccc(CC(=O)[C@H](CCCNC(N)=O)NC(=O)[C@@H](CC(=O)CCCCC(C)OC(=O)C(CBr)CBr)C(C)C)c3ncccc23)[C@]2(C)O[C@H]2[C@H](C)[C@@H]2C[C@@]1(O)CC(=O)O2. The molecule has 4 heterocycles. The van der Waals surface area contributed by atoms with Gasteiger partial charge in [0.15, 0.2) is 5.78 Å². The monoisotopic (exact) mass is 1410 g/mol. The van der Waals surface area contributed by atoms with Gasteiger partial charge in [-0.2, -0.15) is 0 Å². The first-order chi connectivity index (χ1) is 43.0. The van der Waals surface area contributed by atoms with E-state index in [1.165, 1.54) is 43.1 Å². The average Bonchev–Trinajstić information content (AvgIpc) is 1.60.